The smallest absolute Gasteiger partial charge is 0.134 e. The summed E-state index contributed by atoms with van der Waals surface area (Å²) in [5.74, 6) is 0. The highest BCUT2D eigenvalue weighted by Gasteiger charge is 2.22. The van der Waals surface area contributed by atoms with Crippen LogP contribution < -0.4 is 5.32 Å². The number of hydrogen-bond donors (Lipinski definition) is 1. The molecule has 70 valence electrons. The van der Waals surface area contributed by atoms with E-state index in [4.69, 9.17) is 4.74 Å². The molecule has 0 amide bonds. The molecule has 1 aromatic carbocycles. The second-order valence-corrected chi connectivity index (χ2v) is 4.21. The number of halogens is 1. The fourth-order valence-electron chi connectivity index (χ4n) is 1.47. The maximum atomic E-state index is 5.67. The molecule has 0 bridgehead atoms. The predicted molar refractivity (Wildman–Crippen MR) is 55.4 cm³/mol. The van der Waals surface area contributed by atoms with Gasteiger partial charge in [0.2, 0.25) is 0 Å². The standard InChI is InChI=1S/C10H12BrNO/c1-7-6-12-10(13-7)8-3-2-4-9(11)5-8/h2-5,7,10,12H,6H2,1H3. The van der Waals surface area contributed by atoms with Crippen molar-refractivity contribution in [2.24, 2.45) is 0 Å². The second-order valence-electron chi connectivity index (χ2n) is 3.29. The quantitative estimate of drug-likeness (QED) is 0.816. The molecule has 2 atom stereocenters. The minimum absolute atomic E-state index is 0.0625. The van der Waals surface area contributed by atoms with Gasteiger partial charge in [-0.3, -0.25) is 5.32 Å². The molecule has 1 aliphatic heterocycles. The summed E-state index contributed by atoms with van der Waals surface area (Å²) in [5, 5.41) is 3.31. The van der Waals surface area contributed by atoms with E-state index in [1.54, 1.807) is 0 Å². The lowest BCUT2D eigenvalue weighted by atomic mass is 10.2. The van der Waals surface area contributed by atoms with E-state index in [0.29, 0.717) is 6.10 Å². The molecule has 3 heteroatoms. The molecule has 2 nitrogen and oxygen atoms in total. The summed E-state index contributed by atoms with van der Waals surface area (Å²) in [4.78, 5) is 0. The van der Waals surface area contributed by atoms with Crippen LogP contribution in [0.25, 0.3) is 0 Å². The first-order valence-corrected chi connectivity index (χ1v) is 5.19. The van der Waals surface area contributed by atoms with Gasteiger partial charge in [-0.05, 0) is 24.6 Å². The largest absolute Gasteiger partial charge is 0.355 e. The third-order valence-corrected chi connectivity index (χ3v) is 2.60. The van der Waals surface area contributed by atoms with Gasteiger partial charge in [-0.2, -0.15) is 0 Å². The first-order chi connectivity index (χ1) is 6.25. The van der Waals surface area contributed by atoms with Gasteiger partial charge in [0.15, 0.2) is 0 Å². The van der Waals surface area contributed by atoms with E-state index in [9.17, 15) is 0 Å². The summed E-state index contributed by atoms with van der Waals surface area (Å²) in [6.07, 6.45) is 0.372. The fourth-order valence-corrected chi connectivity index (χ4v) is 1.88. The Kier molecular flexibility index (Phi) is 2.67. The molecule has 2 rings (SSSR count). The monoisotopic (exact) mass is 241 g/mol. The van der Waals surface area contributed by atoms with Crippen LogP contribution >= 0.6 is 15.9 Å². The van der Waals surface area contributed by atoms with Gasteiger partial charge in [0.25, 0.3) is 0 Å². The number of ether oxygens (including phenoxy) is 1. The lowest BCUT2D eigenvalue weighted by Gasteiger charge is -2.11. The van der Waals surface area contributed by atoms with Crippen molar-refractivity contribution >= 4 is 15.9 Å². The van der Waals surface area contributed by atoms with E-state index < -0.39 is 0 Å². The van der Waals surface area contributed by atoms with E-state index in [-0.39, 0.29) is 6.23 Å². The molecule has 1 saturated heterocycles. The Hall–Kier alpha value is -0.380. The van der Waals surface area contributed by atoms with Gasteiger partial charge in [-0.15, -0.1) is 0 Å². The Balaban J connectivity index is 2.16. The molecule has 2 unspecified atom stereocenters. The van der Waals surface area contributed by atoms with Crippen LogP contribution in [-0.4, -0.2) is 12.6 Å². The highest BCUT2D eigenvalue weighted by atomic mass is 79.9. The zero-order valence-corrected chi connectivity index (χ0v) is 9.04. The van der Waals surface area contributed by atoms with Gasteiger partial charge < -0.3 is 4.74 Å². The maximum Gasteiger partial charge on any atom is 0.134 e. The van der Waals surface area contributed by atoms with Crippen molar-refractivity contribution in [2.75, 3.05) is 6.54 Å². The van der Waals surface area contributed by atoms with E-state index in [0.717, 1.165) is 11.0 Å². The summed E-state index contributed by atoms with van der Waals surface area (Å²) >= 11 is 3.44. The normalized spacial score (nSPS) is 27.8. The van der Waals surface area contributed by atoms with Gasteiger partial charge in [0, 0.05) is 11.0 Å². The minimum Gasteiger partial charge on any atom is -0.355 e. The van der Waals surface area contributed by atoms with Crippen molar-refractivity contribution in [3.8, 4) is 0 Å². The lowest BCUT2D eigenvalue weighted by Crippen LogP contribution is -2.14. The Morgan fingerprint density at radius 1 is 1.54 bits per heavy atom. The van der Waals surface area contributed by atoms with Crippen LogP contribution in [0.2, 0.25) is 0 Å². The van der Waals surface area contributed by atoms with Gasteiger partial charge in [-0.1, -0.05) is 28.1 Å². The summed E-state index contributed by atoms with van der Waals surface area (Å²) in [6, 6.07) is 8.19. The van der Waals surface area contributed by atoms with Gasteiger partial charge >= 0.3 is 0 Å². The zero-order chi connectivity index (χ0) is 9.26. The molecule has 0 aliphatic carbocycles. The van der Waals surface area contributed by atoms with Crippen LogP contribution in [0.1, 0.15) is 18.7 Å². The molecular weight excluding hydrogens is 230 g/mol. The third-order valence-electron chi connectivity index (χ3n) is 2.11. The fraction of sp³-hybridized carbons (Fsp3) is 0.400. The molecule has 0 saturated carbocycles. The van der Waals surface area contributed by atoms with Crippen molar-refractivity contribution in [3.63, 3.8) is 0 Å². The molecule has 1 aromatic rings. The Morgan fingerprint density at radius 3 is 3.00 bits per heavy atom. The van der Waals surface area contributed by atoms with Crippen LogP contribution in [0.15, 0.2) is 28.7 Å². The first-order valence-electron chi connectivity index (χ1n) is 4.40. The lowest BCUT2D eigenvalue weighted by molar-refractivity contribution is 0.0510. The van der Waals surface area contributed by atoms with Crippen LogP contribution in [0, 0.1) is 0 Å². The van der Waals surface area contributed by atoms with Gasteiger partial charge in [0.05, 0.1) is 6.10 Å². The summed E-state index contributed by atoms with van der Waals surface area (Å²) < 4.78 is 6.76. The molecule has 13 heavy (non-hydrogen) atoms. The molecule has 1 heterocycles. The minimum atomic E-state index is 0.0625. The Bertz CT molecular complexity index is 303. The van der Waals surface area contributed by atoms with Crippen molar-refractivity contribution < 1.29 is 4.74 Å². The van der Waals surface area contributed by atoms with E-state index in [2.05, 4.69) is 40.3 Å². The number of rotatable bonds is 1. The Labute approximate surface area is 86.4 Å². The topological polar surface area (TPSA) is 21.3 Å². The van der Waals surface area contributed by atoms with E-state index in [1.807, 2.05) is 12.1 Å². The van der Waals surface area contributed by atoms with Crippen LogP contribution in [-0.2, 0) is 4.74 Å². The zero-order valence-electron chi connectivity index (χ0n) is 7.46. The van der Waals surface area contributed by atoms with Gasteiger partial charge in [-0.25, -0.2) is 0 Å². The number of hydrogen-bond acceptors (Lipinski definition) is 2. The van der Waals surface area contributed by atoms with Crippen molar-refractivity contribution in [2.45, 2.75) is 19.3 Å². The van der Waals surface area contributed by atoms with Crippen molar-refractivity contribution in [1.82, 2.24) is 5.32 Å². The SMILES string of the molecule is CC1CNC(c2cccc(Br)c2)O1. The van der Waals surface area contributed by atoms with E-state index in [1.165, 1.54) is 5.56 Å². The van der Waals surface area contributed by atoms with Crippen LogP contribution in [0.4, 0.5) is 0 Å². The number of benzene rings is 1. The molecule has 0 aromatic heterocycles. The maximum absolute atomic E-state index is 5.67. The molecule has 1 fully saturated rings. The molecule has 1 N–H and O–H groups in total. The van der Waals surface area contributed by atoms with Crippen molar-refractivity contribution in [1.29, 1.82) is 0 Å². The highest BCUT2D eigenvalue weighted by Crippen LogP contribution is 2.23. The Morgan fingerprint density at radius 2 is 2.38 bits per heavy atom. The summed E-state index contributed by atoms with van der Waals surface area (Å²) in [7, 11) is 0. The average Bonchev–Trinajstić information content (AvgIpc) is 2.52. The predicted octanol–water partition coefficient (Wildman–Crippen LogP) is 2.46. The third kappa shape index (κ3) is 2.10. The van der Waals surface area contributed by atoms with Crippen molar-refractivity contribution in [3.05, 3.63) is 34.3 Å². The summed E-state index contributed by atoms with van der Waals surface area (Å²) in [5.41, 5.74) is 1.18. The highest BCUT2D eigenvalue weighted by molar-refractivity contribution is 9.10. The first kappa shape index (κ1) is 9.19. The average molecular weight is 242 g/mol. The molecular formula is C10H12BrNO. The van der Waals surface area contributed by atoms with E-state index >= 15 is 0 Å². The van der Waals surface area contributed by atoms with Gasteiger partial charge in [0.1, 0.15) is 6.23 Å². The number of nitrogens with one attached hydrogen (secondary N) is 1. The van der Waals surface area contributed by atoms with Crippen LogP contribution in [0.3, 0.4) is 0 Å². The van der Waals surface area contributed by atoms with Crippen LogP contribution in [0.5, 0.6) is 0 Å². The summed E-state index contributed by atoms with van der Waals surface area (Å²) in [6.45, 7) is 3.00. The molecule has 0 spiro atoms. The second kappa shape index (κ2) is 3.78. The molecule has 0 radical (unpaired) electrons. The molecule has 1 aliphatic rings.